The van der Waals surface area contributed by atoms with Crippen LogP contribution in [0, 0.1) is 5.41 Å². The molecular formula is C19H37N11. The van der Waals surface area contributed by atoms with Crippen LogP contribution in [-0.4, -0.2) is 97.8 Å². The fourth-order valence-electron chi connectivity index (χ4n) is 4.15. The van der Waals surface area contributed by atoms with Crippen LogP contribution < -0.4 is 27.8 Å². The van der Waals surface area contributed by atoms with Gasteiger partial charge in [0.15, 0.2) is 5.96 Å². The Hall–Kier alpha value is -2.40. The van der Waals surface area contributed by atoms with Crippen LogP contribution in [0.2, 0.25) is 0 Å². The second kappa shape index (κ2) is 11.1. The molecule has 2 aliphatic heterocycles. The number of nitrogens with one attached hydrogen (secondary N) is 3. The molecule has 3 aliphatic rings. The largest absolute Gasteiger partial charge is 0.387 e. The van der Waals surface area contributed by atoms with E-state index in [-0.39, 0.29) is 18.0 Å². The van der Waals surface area contributed by atoms with Gasteiger partial charge in [-0.3, -0.25) is 10.4 Å². The van der Waals surface area contributed by atoms with Gasteiger partial charge in [0.1, 0.15) is 11.7 Å². The molecule has 3 fully saturated rings. The predicted octanol–water partition coefficient (Wildman–Crippen LogP) is -1.54. The number of rotatable bonds is 4. The SMILES string of the molecule is N=C(CC(N)=NC1CCCCC1N=C(N)N=C(N)N1CCNCC1)N1CCNCC1. The van der Waals surface area contributed by atoms with E-state index in [0.717, 1.165) is 78.0 Å². The second-order valence-corrected chi connectivity index (χ2v) is 8.09. The van der Waals surface area contributed by atoms with Gasteiger partial charge < -0.3 is 37.6 Å². The maximum atomic E-state index is 8.32. The zero-order valence-electron chi connectivity index (χ0n) is 17.8. The van der Waals surface area contributed by atoms with Gasteiger partial charge >= 0.3 is 0 Å². The molecule has 0 aromatic rings. The molecule has 2 heterocycles. The molecule has 0 amide bonds. The zero-order chi connectivity index (χ0) is 21.3. The number of nitrogens with zero attached hydrogens (tertiary/aromatic N) is 5. The molecule has 30 heavy (non-hydrogen) atoms. The zero-order valence-corrected chi connectivity index (χ0v) is 17.8. The summed E-state index contributed by atoms with van der Waals surface area (Å²) in [4.78, 5) is 17.7. The molecule has 0 aromatic heterocycles. The lowest BCUT2D eigenvalue weighted by Crippen LogP contribution is -2.49. The molecule has 0 spiro atoms. The van der Waals surface area contributed by atoms with Crippen LogP contribution in [-0.2, 0) is 0 Å². The molecule has 2 saturated heterocycles. The second-order valence-electron chi connectivity index (χ2n) is 8.09. The van der Waals surface area contributed by atoms with Gasteiger partial charge in [0.05, 0.1) is 18.5 Å². The molecule has 1 aliphatic carbocycles. The number of amidine groups is 2. The molecule has 0 aromatic carbocycles. The molecule has 0 bridgehead atoms. The highest BCUT2D eigenvalue weighted by atomic mass is 15.3. The van der Waals surface area contributed by atoms with Gasteiger partial charge in [-0.25, -0.2) is 4.99 Å². The first-order valence-electron chi connectivity index (χ1n) is 11.0. The third-order valence-electron chi connectivity index (χ3n) is 5.84. The number of nitrogens with two attached hydrogens (primary N) is 3. The lowest BCUT2D eigenvalue weighted by molar-refractivity contribution is 0.352. The van der Waals surface area contributed by atoms with Crippen molar-refractivity contribution in [3.8, 4) is 0 Å². The Balaban J connectivity index is 1.61. The van der Waals surface area contributed by atoms with E-state index in [9.17, 15) is 0 Å². The summed E-state index contributed by atoms with van der Waals surface area (Å²) in [5, 5.41) is 14.9. The number of guanidine groups is 2. The van der Waals surface area contributed by atoms with Crippen molar-refractivity contribution < 1.29 is 0 Å². The quantitative estimate of drug-likeness (QED) is 0.237. The molecule has 11 heteroatoms. The van der Waals surface area contributed by atoms with Crippen LogP contribution in [0.25, 0.3) is 0 Å². The first kappa shape index (κ1) is 22.3. The minimum atomic E-state index is -0.0507. The Bertz CT molecular complexity index is 659. The highest BCUT2D eigenvalue weighted by Gasteiger charge is 2.25. The Morgan fingerprint density at radius 2 is 1.37 bits per heavy atom. The van der Waals surface area contributed by atoms with Crippen molar-refractivity contribution in [2.75, 3.05) is 52.4 Å². The number of hydrogen-bond donors (Lipinski definition) is 6. The summed E-state index contributed by atoms with van der Waals surface area (Å²) in [7, 11) is 0. The summed E-state index contributed by atoms with van der Waals surface area (Å²) in [5.74, 6) is 1.64. The van der Waals surface area contributed by atoms with E-state index in [1.54, 1.807) is 0 Å². The maximum absolute atomic E-state index is 8.32. The van der Waals surface area contributed by atoms with Crippen molar-refractivity contribution in [2.45, 2.75) is 44.2 Å². The van der Waals surface area contributed by atoms with Crippen molar-refractivity contribution in [1.82, 2.24) is 20.4 Å². The molecule has 2 unspecified atom stereocenters. The van der Waals surface area contributed by atoms with E-state index in [0.29, 0.717) is 24.1 Å². The van der Waals surface area contributed by atoms with Crippen LogP contribution in [0.5, 0.6) is 0 Å². The van der Waals surface area contributed by atoms with Gasteiger partial charge in [-0.05, 0) is 12.8 Å². The topological polar surface area (TPSA) is 170 Å². The molecule has 9 N–H and O–H groups in total. The van der Waals surface area contributed by atoms with Crippen molar-refractivity contribution in [2.24, 2.45) is 32.2 Å². The van der Waals surface area contributed by atoms with Crippen molar-refractivity contribution >= 4 is 23.6 Å². The van der Waals surface area contributed by atoms with Gasteiger partial charge in [-0.2, -0.15) is 4.99 Å². The van der Waals surface area contributed by atoms with Crippen LogP contribution in [0.15, 0.2) is 15.0 Å². The smallest absolute Gasteiger partial charge is 0.218 e. The van der Waals surface area contributed by atoms with Crippen LogP contribution in [0.1, 0.15) is 32.1 Å². The molecule has 2 atom stereocenters. The summed E-state index contributed by atoms with van der Waals surface area (Å²) >= 11 is 0. The van der Waals surface area contributed by atoms with Crippen LogP contribution >= 0.6 is 0 Å². The summed E-state index contributed by atoms with van der Waals surface area (Å²) in [6, 6.07) is -0.0750. The minimum absolute atomic E-state index is 0.0243. The van der Waals surface area contributed by atoms with E-state index in [4.69, 9.17) is 27.6 Å². The van der Waals surface area contributed by atoms with Crippen molar-refractivity contribution in [3.05, 3.63) is 0 Å². The first-order valence-corrected chi connectivity index (χ1v) is 11.0. The number of hydrogen-bond acceptors (Lipinski definition) is 5. The number of aliphatic imine (C=N–C) groups is 3. The van der Waals surface area contributed by atoms with Crippen LogP contribution in [0.4, 0.5) is 0 Å². The third-order valence-corrected chi connectivity index (χ3v) is 5.84. The minimum Gasteiger partial charge on any atom is -0.387 e. The Morgan fingerprint density at radius 3 is 1.97 bits per heavy atom. The third kappa shape index (κ3) is 6.56. The van der Waals surface area contributed by atoms with E-state index in [1.807, 2.05) is 4.90 Å². The Kier molecular flexibility index (Phi) is 8.26. The summed E-state index contributed by atoms with van der Waals surface area (Å²) in [6.07, 6.45) is 4.37. The van der Waals surface area contributed by atoms with E-state index >= 15 is 0 Å². The normalized spacial score (nSPS) is 27.3. The number of piperazine rings is 2. The van der Waals surface area contributed by atoms with Gasteiger partial charge in [0.25, 0.3) is 0 Å². The van der Waals surface area contributed by atoms with Gasteiger partial charge in [0.2, 0.25) is 5.96 Å². The molecule has 11 nitrogen and oxygen atoms in total. The lowest BCUT2D eigenvalue weighted by Gasteiger charge is -2.30. The monoisotopic (exact) mass is 419 g/mol. The lowest BCUT2D eigenvalue weighted by atomic mass is 9.91. The predicted molar refractivity (Wildman–Crippen MR) is 122 cm³/mol. The van der Waals surface area contributed by atoms with E-state index in [2.05, 4.69) is 25.5 Å². The summed E-state index contributed by atoms with van der Waals surface area (Å²) in [5.41, 5.74) is 18.4. The van der Waals surface area contributed by atoms with Crippen molar-refractivity contribution in [3.63, 3.8) is 0 Å². The molecule has 1 saturated carbocycles. The molecule has 168 valence electrons. The highest BCUT2D eigenvalue weighted by Crippen LogP contribution is 2.24. The highest BCUT2D eigenvalue weighted by molar-refractivity contribution is 6.00. The van der Waals surface area contributed by atoms with Crippen molar-refractivity contribution in [1.29, 1.82) is 5.41 Å². The molecular weight excluding hydrogens is 382 g/mol. The van der Waals surface area contributed by atoms with E-state index < -0.39 is 0 Å². The fourth-order valence-corrected chi connectivity index (χ4v) is 4.15. The standard InChI is InChI=1S/C19H37N11/c20-16(13-17(21)29-9-5-24-6-10-29)26-14-3-1-2-4-15(14)27-18(22)28-19(23)30-11-7-25-8-12-30/h14-15,21,24-25H,1-13H2,(H2,20,26)(H4,22,23,27,28). The van der Waals surface area contributed by atoms with Crippen LogP contribution in [0.3, 0.4) is 0 Å². The Labute approximate surface area is 178 Å². The van der Waals surface area contributed by atoms with Gasteiger partial charge in [-0.1, -0.05) is 12.8 Å². The fraction of sp³-hybridized carbons (Fsp3) is 0.789. The Morgan fingerprint density at radius 1 is 0.833 bits per heavy atom. The van der Waals surface area contributed by atoms with Gasteiger partial charge in [-0.15, -0.1) is 0 Å². The maximum Gasteiger partial charge on any atom is 0.218 e. The van der Waals surface area contributed by atoms with E-state index in [1.165, 1.54) is 0 Å². The molecule has 0 radical (unpaired) electrons. The van der Waals surface area contributed by atoms with Gasteiger partial charge in [0, 0.05) is 52.4 Å². The average Bonchev–Trinajstić information content (AvgIpc) is 2.76. The summed E-state index contributed by atoms with van der Waals surface area (Å²) in [6.45, 7) is 6.87. The first-order chi connectivity index (χ1) is 14.5. The average molecular weight is 420 g/mol. The summed E-state index contributed by atoms with van der Waals surface area (Å²) < 4.78 is 0. The molecule has 3 rings (SSSR count).